The lowest BCUT2D eigenvalue weighted by Gasteiger charge is -2.03. The third-order valence-corrected chi connectivity index (χ3v) is 2.54. The Morgan fingerprint density at radius 1 is 1.28 bits per heavy atom. The molecule has 4 heteroatoms. The van der Waals surface area contributed by atoms with Gasteiger partial charge in [0.2, 0.25) is 0 Å². The summed E-state index contributed by atoms with van der Waals surface area (Å²) in [6.45, 7) is 3.59. The van der Waals surface area contributed by atoms with Gasteiger partial charge in [0.1, 0.15) is 29.5 Å². The first-order valence-corrected chi connectivity index (χ1v) is 5.55. The van der Waals surface area contributed by atoms with Crippen molar-refractivity contribution in [2.75, 3.05) is 0 Å². The Kier molecular flexibility index (Phi) is 3.46. The number of aryl methyl sites for hydroxylation is 2. The molecule has 18 heavy (non-hydrogen) atoms. The van der Waals surface area contributed by atoms with Crippen molar-refractivity contribution in [3.05, 3.63) is 58.8 Å². The zero-order valence-corrected chi connectivity index (χ0v) is 10.2. The van der Waals surface area contributed by atoms with Crippen molar-refractivity contribution in [1.29, 1.82) is 0 Å². The Morgan fingerprint density at radius 2 is 1.94 bits per heavy atom. The highest BCUT2D eigenvalue weighted by atomic mass is 19.1. The van der Waals surface area contributed by atoms with Gasteiger partial charge < -0.3 is 9.15 Å². The molecule has 0 bridgehead atoms. The number of ether oxygens (including phenoxy) is 1. The molecule has 0 saturated heterocycles. The number of rotatable bonds is 3. The second kappa shape index (κ2) is 5.04. The van der Waals surface area contributed by atoms with Crippen LogP contribution in [0.15, 0.2) is 34.7 Å². The molecule has 0 atom stereocenters. The predicted octanol–water partition coefficient (Wildman–Crippen LogP) is 3.39. The summed E-state index contributed by atoms with van der Waals surface area (Å²) in [5, 5.41) is 0. The summed E-state index contributed by atoms with van der Waals surface area (Å²) in [4.78, 5) is 11.8. The molecule has 0 spiro atoms. The highest BCUT2D eigenvalue weighted by Crippen LogP contribution is 2.15. The predicted molar refractivity (Wildman–Crippen MR) is 63.7 cm³/mol. The number of carbonyl (C=O) groups is 1. The van der Waals surface area contributed by atoms with Crippen molar-refractivity contribution >= 4 is 5.97 Å². The maximum absolute atomic E-state index is 12.7. The van der Waals surface area contributed by atoms with Crippen molar-refractivity contribution in [3.8, 4) is 0 Å². The third kappa shape index (κ3) is 2.77. The smallest absolute Gasteiger partial charge is 0.342 e. The second-order valence-electron chi connectivity index (χ2n) is 4.03. The van der Waals surface area contributed by atoms with Gasteiger partial charge in [-0.1, -0.05) is 12.1 Å². The highest BCUT2D eigenvalue weighted by Gasteiger charge is 2.14. The van der Waals surface area contributed by atoms with Gasteiger partial charge in [-0.05, 0) is 37.6 Å². The fourth-order valence-electron chi connectivity index (χ4n) is 1.64. The van der Waals surface area contributed by atoms with Crippen LogP contribution in [0.4, 0.5) is 4.39 Å². The van der Waals surface area contributed by atoms with Gasteiger partial charge in [-0.3, -0.25) is 0 Å². The molecule has 0 amide bonds. The summed E-state index contributed by atoms with van der Waals surface area (Å²) in [7, 11) is 0. The van der Waals surface area contributed by atoms with E-state index in [1.165, 1.54) is 12.1 Å². The van der Waals surface area contributed by atoms with Crippen LogP contribution in [0, 0.1) is 19.7 Å². The average Bonchev–Trinajstić information content (AvgIpc) is 2.67. The summed E-state index contributed by atoms with van der Waals surface area (Å²) < 4.78 is 23.1. The number of hydrogen-bond acceptors (Lipinski definition) is 3. The molecule has 0 N–H and O–H groups in total. The first-order valence-electron chi connectivity index (χ1n) is 5.55. The van der Waals surface area contributed by atoms with E-state index in [1.807, 2.05) is 0 Å². The highest BCUT2D eigenvalue weighted by molar-refractivity contribution is 5.90. The van der Waals surface area contributed by atoms with E-state index in [0.717, 1.165) is 5.56 Å². The molecule has 0 aliphatic carbocycles. The van der Waals surface area contributed by atoms with Crippen LogP contribution >= 0.6 is 0 Å². The van der Waals surface area contributed by atoms with E-state index >= 15 is 0 Å². The van der Waals surface area contributed by atoms with E-state index < -0.39 is 5.97 Å². The van der Waals surface area contributed by atoms with Crippen LogP contribution in [0.5, 0.6) is 0 Å². The minimum Gasteiger partial charge on any atom is -0.466 e. The SMILES string of the molecule is Cc1cc(C(=O)OCc2ccc(F)cc2)c(C)o1. The molecule has 0 fully saturated rings. The summed E-state index contributed by atoms with van der Waals surface area (Å²) >= 11 is 0. The van der Waals surface area contributed by atoms with Crippen LogP contribution in [0.2, 0.25) is 0 Å². The molecular formula is C14H13FO3. The lowest BCUT2D eigenvalue weighted by Crippen LogP contribution is -2.05. The molecule has 1 aromatic heterocycles. The Balaban J connectivity index is 2.00. The van der Waals surface area contributed by atoms with E-state index in [9.17, 15) is 9.18 Å². The van der Waals surface area contributed by atoms with E-state index in [-0.39, 0.29) is 12.4 Å². The molecule has 2 aromatic rings. The molecule has 1 heterocycles. The maximum atomic E-state index is 12.7. The van der Waals surface area contributed by atoms with E-state index in [1.54, 1.807) is 32.0 Å². The van der Waals surface area contributed by atoms with Gasteiger partial charge in [-0.25, -0.2) is 9.18 Å². The monoisotopic (exact) mass is 248 g/mol. The van der Waals surface area contributed by atoms with Crippen LogP contribution in [0.25, 0.3) is 0 Å². The summed E-state index contributed by atoms with van der Waals surface area (Å²) in [6.07, 6.45) is 0. The van der Waals surface area contributed by atoms with Crippen molar-refractivity contribution in [3.63, 3.8) is 0 Å². The molecule has 0 aliphatic rings. The van der Waals surface area contributed by atoms with E-state index in [2.05, 4.69) is 0 Å². The molecule has 1 aromatic carbocycles. The second-order valence-corrected chi connectivity index (χ2v) is 4.03. The summed E-state index contributed by atoms with van der Waals surface area (Å²) in [5.41, 5.74) is 1.16. The lowest BCUT2D eigenvalue weighted by atomic mass is 10.2. The maximum Gasteiger partial charge on any atom is 0.342 e. The Hall–Kier alpha value is -2.10. The first kappa shape index (κ1) is 12.4. The third-order valence-electron chi connectivity index (χ3n) is 2.54. The number of benzene rings is 1. The minimum atomic E-state index is -0.436. The fourth-order valence-corrected chi connectivity index (χ4v) is 1.64. The number of furan rings is 1. The molecule has 2 rings (SSSR count). The Morgan fingerprint density at radius 3 is 2.50 bits per heavy atom. The number of halogens is 1. The van der Waals surface area contributed by atoms with Gasteiger partial charge in [-0.15, -0.1) is 0 Å². The number of hydrogen-bond donors (Lipinski definition) is 0. The van der Waals surface area contributed by atoms with Gasteiger partial charge in [-0.2, -0.15) is 0 Å². The van der Waals surface area contributed by atoms with Crippen molar-refractivity contribution in [2.24, 2.45) is 0 Å². The molecular weight excluding hydrogens is 235 g/mol. The van der Waals surface area contributed by atoms with Gasteiger partial charge in [0.05, 0.1) is 0 Å². The number of esters is 1. The van der Waals surface area contributed by atoms with Crippen LogP contribution < -0.4 is 0 Å². The van der Waals surface area contributed by atoms with E-state index in [4.69, 9.17) is 9.15 Å². The van der Waals surface area contributed by atoms with Crippen LogP contribution in [0.3, 0.4) is 0 Å². The summed E-state index contributed by atoms with van der Waals surface area (Å²) in [6, 6.07) is 7.46. The zero-order valence-electron chi connectivity index (χ0n) is 10.2. The van der Waals surface area contributed by atoms with Gasteiger partial charge in [0.15, 0.2) is 0 Å². The van der Waals surface area contributed by atoms with Crippen molar-refractivity contribution in [2.45, 2.75) is 20.5 Å². The molecule has 0 unspecified atom stereocenters. The molecule has 0 aliphatic heterocycles. The number of carbonyl (C=O) groups excluding carboxylic acids is 1. The van der Waals surface area contributed by atoms with Crippen LogP contribution in [-0.2, 0) is 11.3 Å². The van der Waals surface area contributed by atoms with Crippen molar-refractivity contribution < 1.29 is 18.3 Å². The largest absolute Gasteiger partial charge is 0.466 e. The fraction of sp³-hybridized carbons (Fsp3) is 0.214. The Labute approximate surface area is 104 Å². The molecule has 0 radical (unpaired) electrons. The van der Waals surface area contributed by atoms with Crippen LogP contribution in [0.1, 0.15) is 27.4 Å². The normalized spacial score (nSPS) is 10.4. The quantitative estimate of drug-likeness (QED) is 0.781. The Bertz CT molecular complexity index is 555. The van der Waals surface area contributed by atoms with Crippen molar-refractivity contribution in [1.82, 2.24) is 0 Å². The lowest BCUT2D eigenvalue weighted by molar-refractivity contribution is 0.0470. The topological polar surface area (TPSA) is 39.4 Å². The van der Waals surface area contributed by atoms with Gasteiger partial charge in [0, 0.05) is 0 Å². The molecule has 0 saturated carbocycles. The first-order chi connectivity index (χ1) is 8.56. The molecule has 94 valence electrons. The molecule has 3 nitrogen and oxygen atoms in total. The standard InChI is InChI=1S/C14H13FO3/c1-9-7-13(10(2)18-9)14(16)17-8-11-3-5-12(15)6-4-11/h3-7H,8H2,1-2H3. The van der Waals surface area contributed by atoms with E-state index in [0.29, 0.717) is 17.1 Å². The summed E-state index contributed by atoms with van der Waals surface area (Å²) in [5.74, 6) is 0.456. The zero-order chi connectivity index (χ0) is 13.1. The van der Waals surface area contributed by atoms with Crippen LogP contribution in [-0.4, -0.2) is 5.97 Å². The van der Waals surface area contributed by atoms with Gasteiger partial charge >= 0.3 is 5.97 Å². The minimum absolute atomic E-state index is 0.114. The van der Waals surface area contributed by atoms with Gasteiger partial charge in [0.25, 0.3) is 0 Å². The average molecular weight is 248 g/mol.